The van der Waals surface area contributed by atoms with Crippen molar-refractivity contribution in [3.05, 3.63) is 0 Å². The molecule has 0 atom stereocenters. The van der Waals surface area contributed by atoms with Crippen LogP contribution in [0.25, 0.3) is 0 Å². The van der Waals surface area contributed by atoms with Crippen LogP contribution >= 0.6 is 0 Å². The van der Waals surface area contributed by atoms with Crippen LogP contribution in [0.1, 0.15) is 96.8 Å². The van der Waals surface area contributed by atoms with Gasteiger partial charge in [-0.3, -0.25) is 0 Å². The lowest BCUT2D eigenvalue weighted by molar-refractivity contribution is 0.0391. The first-order chi connectivity index (χ1) is 10.3. The van der Waals surface area contributed by atoms with Crippen LogP contribution in [0, 0.1) is 17.8 Å². The Bertz CT molecular complexity index is 247. The summed E-state index contributed by atoms with van der Waals surface area (Å²) >= 11 is 0. The van der Waals surface area contributed by atoms with Crippen molar-refractivity contribution in [2.24, 2.45) is 17.8 Å². The van der Waals surface area contributed by atoms with Gasteiger partial charge in [0.25, 0.3) is 0 Å². The molecule has 0 amide bonds. The highest BCUT2D eigenvalue weighted by Gasteiger charge is 2.30. The molecule has 0 unspecified atom stereocenters. The summed E-state index contributed by atoms with van der Waals surface area (Å²) in [4.78, 5) is 0. The maximum atomic E-state index is 5.52. The highest BCUT2D eigenvalue weighted by molar-refractivity contribution is 4.82. The van der Waals surface area contributed by atoms with E-state index in [0.29, 0.717) is 6.10 Å². The smallest absolute Gasteiger partial charge is 0.0571 e. The van der Waals surface area contributed by atoms with Crippen molar-refractivity contribution in [3.63, 3.8) is 0 Å². The number of hydrogen-bond donors (Lipinski definition) is 0. The zero-order valence-corrected chi connectivity index (χ0v) is 14.6. The van der Waals surface area contributed by atoms with Gasteiger partial charge in [-0.15, -0.1) is 0 Å². The third-order valence-electron chi connectivity index (χ3n) is 6.33. The molecule has 2 saturated carbocycles. The SMILES string of the molecule is CCCCCCC[C@H]1CC[C@H]([C@H]2CC[C@H](OC)CC2)CC1. The molecule has 0 radical (unpaired) electrons. The Morgan fingerprint density at radius 1 is 0.714 bits per heavy atom. The van der Waals surface area contributed by atoms with Crippen LogP contribution in [0.3, 0.4) is 0 Å². The van der Waals surface area contributed by atoms with Gasteiger partial charge in [-0.1, -0.05) is 58.3 Å². The Labute approximate surface area is 133 Å². The van der Waals surface area contributed by atoms with E-state index in [1.807, 2.05) is 7.11 Å². The van der Waals surface area contributed by atoms with Gasteiger partial charge in [-0.2, -0.15) is 0 Å². The molecule has 0 saturated heterocycles. The van der Waals surface area contributed by atoms with E-state index in [1.165, 1.54) is 89.9 Å². The normalized spacial score (nSPS) is 34.0. The van der Waals surface area contributed by atoms with E-state index in [-0.39, 0.29) is 0 Å². The zero-order chi connectivity index (χ0) is 14.9. The maximum absolute atomic E-state index is 5.52. The molecule has 2 aliphatic rings. The van der Waals surface area contributed by atoms with Crippen LogP contribution in [0.5, 0.6) is 0 Å². The van der Waals surface area contributed by atoms with Crippen LogP contribution in [0.2, 0.25) is 0 Å². The van der Waals surface area contributed by atoms with E-state index in [1.54, 1.807) is 0 Å². The van der Waals surface area contributed by atoms with Gasteiger partial charge >= 0.3 is 0 Å². The molecule has 1 nitrogen and oxygen atoms in total. The molecule has 0 aromatic rings. The van der Waals surface area contributed by atoms with Crippen molar-refractivity contribution in [2.75, 3.05) is 7.11 Å². The summed E-state index contributed by atoms with van der Waals surface area (Å²) in [5.41, 5.74) is 0. The quantitative estimate of drug-likeness (QED) is 0.473. The Morgan fingerprint density at radius 3 is 1.86 bits per heavy atom. The number of ether oxygens (including phenoxy) is 1. The first-order valence-corrected chi connectivity index (χ1v) is 9.86. The van der Waals surface area contributed by atoms with E-state index < -0.39 is 0 Å². The van der Waals surface area contributed by atoms with Crippen molar-refractivity contribution >= 4 is 0 Å². The summed E-state index contributed by atoms with van der Waals surface area (Å²) in [5, 5.41) is 0. The predicted molar refractivity (Wildman–Crippen MR) is 91.6 cm³/mol. The lowest BCUT2D eigenvalue weighted by atomic mass is 9.70. The van der Waals surface area contributed by atoms with E-state index in [4.69, 9.17) is 4.74 Å². The fraction of sp³-hybridized carbons (Fsp3) is 1.00. The third-order valence-corrected chi connectivity index (χ3v) is 6.33. The largest absolute Gasteiger partial charge is 0.381 e. The molecule has 0 bridgehead atoms. The second-order valence-electron chi connectivity index (χ2n) is 7.76. The number of unbranched alkanes of at least 4 members (excludes halogenated alkanes) is 4. The second kappa shape index (κ2) is 9.87. The van der Waals surface area contributed by atoms with E-state index in [9.17, 15) is 0 Å². The fourth-order valence-corrected chi connectivity index (χ4v) is 4.78. The lowest BCUT2D eigenvalue weighted by Crippen LogP contribution is -2.28. The molecule has 21 heavy (non-hydrogen) atoms. The minimum Gasteiger partial charge on any atom is -0.381 e. The monoisotopic (exact) mass is 294 g/mol. The van der Waals surface area contributed by atoms with Crippen LogP contribution in [-0.2, 0) is 4.74 Å². The van der Waals surface area contributed by atoms with Gasteiger partial charge in [-0.25, -0.2) is 0 Å². The average Bonchev–Trinajstić information content (AvgIpc) is 2.55. The predicted octanol–water partition coefficient (Wildman–Crippen LogP) is 6.36. The molecule has 0 aromatic heterocycles. The molecule has 0 spiro atoms. The van der Waals surface area contributed by atoms with Crippen LogP contribution < -0.4 is 0 Å². The molecule has 2 rings (SSSR count). The van der Waals surface area contributed by atoms with Crippen molar-refractivity contribution in [1.29, 1.82) is 0 Å². The van der Waals surface area contributed by atoms with E-state index >= 15 is 0 Å². The van der Waals surface area contributed by atoms with Gasteiger partial charge in [0.05, 0.1) is 6.10 Å². The van der Waals surface area contributed by atoms with Gasteiger partial charge in [0.2, 0.25) is 0 Å². The summed E-state index contributed by atoms with van der Waals surface area (Å²) in [5.74, 6) is 3.15. The molecule has 0 aromatic carbocycles. The standard InChI is InChI=1S/C20H38O/c1-3-4-5-6-7-8-17-9-11-18(12-10-17)19-13-15-20(21-2)16-14-19/h17-20H,3-16H2,1-2H3/t17-,18-,19-,20-. The molecule has 1 heteroatoms. The van der Waals surface area contributed by atoms with Crippen molar-refractivity contribution < 1.29 is 4.74 Å². The molecule has 124 valence electrons. The summed E-state index contributed by atoms with van der Waals surface area (Å²) in [6.07, 6.45) is 21.0. The summed E-state index contributed by atoms with van der Waals surface area (Å²) < 4.78 is 5.52. The summed E-state index contributed by atoms with van der Waals surface area (Å²) in [6, 6.07) is 0. The Morgan fingerprint density at radius 2 is 1.29 bits per heavy atom. The average molecular weight is 295 g/mol. The number of rotatable bonds is 8. The molecular formula is C20H38O. The van der Waals surface area contributed by atoms with E-state index in [2.05, 4.69) is 6.92 Å². The van der Waals surface area contributed by atoms with Gasteiger partial charge in [0.15, 0.2) is 0 Å². The minimum absolute atomic E-state index is 0.570. The van der Waals surface area contributed by atoms with Gasteiger partial charge in [0.1, 0.15) is 0 Å². The lowest BCUT2D eigenvalue weighted by Gasteiger charge is -2.37. The van der Waals surface area contributed by atoms with E-state index in [0.717, 1.165) is 17.8 Å². The molecule has 0 aliphatic heterocycles. The van der Waals surface area contributed by atoms with Crippen LogP contribution in [-0.4, -0.2) is 13.2 Å². The topological polar surface area (TPSA) is 9.23 Å². The van der Waals surface area contributed by atoms with Crippen molar-refractivity contribution in [1.82, 2.24) is 0 Å². The Balaban J connectivity index is 1.56. The maximum Gasteiger partial charge on any atom is 0.0571 e. The fourth-order valence-electron chi connectivity index (χ4n) is 4.78. The van der Waals surface area contributed by atoms with Crippen molar-refractivity contribution in [3.8, 4) is 0 Å². The van der Waals surface area contributed by atoms with Crippen molar-refractivity contribution in [2.45, 2.75) is 103 Å². The number of methoxy groups -OCH3 is 1. The van der Waals surface area contributed by atoms with Crippen LogP contribution in [0.4, 0.5) is 0 Å². The van der Waals surface area contributed by atoms with Gasteiger partial charge < -0.3 is 4.74 Å². The van der Waals surface area contributed by atoms with Crippen LogP contribution in [0.15, 0.2) is 0 Å². The van der Waals surface area contributed by atoms with Gasteiger partial charge in [0, 0.05) is 7.11 Å². The molecule has 0 N–H and O–H groups in total. The summed E-state index contributed by atoms with van der Waals surface area (Å²) in [6.45, 7) is 2.31. The highest BCUT2D eigenvalue weighted by Crippen LogP contribution is 2.41. The zero-order valence-electron chi connectivity index (χ0n) is 14.6. The Kier molecular flexibility index (Phi) is 8.14. The first-order valence-electron chi connectivity index (χ1n) is 9.86. The number of hydrogen-bond acceptors (Lipinski definition) is 1. The Hall–Kier alpha value is -0.0400. The minimum atomic E-state index is 0.570. The molecule has 2 aliphatic carbocycles. The second-order valence-corrected chi connectivity index (χ2v) is 7.76. The molecular weight excluding hydrogens is 256 g/mol. The molecule has 2 fully saturated rings. The first kappa shape index (κ1) is 17.3. The highest BCUT2D eigenvalue weighted by atomic mass is 16.5. The molecule has 0 heterocycles. The summed E-state index contributed by atoms with van der Waals surface area (Å²) in [7, 11) is 1.89. The van der Waals surface area contributed by atoms with Gasteiger partial charge in [-0.05, 0) is 56.3 Å². The third kappa shape index (κ3) is 5.93.